The SMILES string of the molecule is O=C(C1CCCC1)N1CCCC2(COCCN(c3cccnc3)C2)C1. The van der Waals surface area contributed by atoms with Gasteiger partial charge in [0.25, 0.3) is 0 Å². The second-order valence-electron chi connectivity index (χ2n) is 8.03. The summed E-state index contributed by atoms with van der Waals surface area (Å²) in [4.78, 5) is 21.7. The average molecular weight is 343 g/mol. The number of aromatic nitrogens is 1. The summed E-state index contributed by atoms with van der Waals surface area (Å²) in [6.45, 7) is 5.12. The largest absolute Gasteiger partial charge is 0.379 e. The van der Waals surface area contributed by atoms with Crippen molar-refractivity contribution < 1.29 is 9.53 Å². The molecule has 5 heteroatoms. The van der Waals surface area contributed by atoms with Gasteiger partial charge in [0, 0.05) is 43.7 Å². The van der Waals surface area contributed by atoms with E-state index in [2.05, 4.69) is 20.9 Å². The fourth-order valence-corrected chi connectivity index (χ4v) is 4.83. The quantitative estimate of drug-likeness (QED) is 0.828. The molecule has 0 radical (unpaired) electrons. The number of carbonyl (C=O) groups is 1. The lowest BCUT2D eigenvalue weighted by Crippen LogP contribution is -2.53. The highest BCUT2D eigenvalue weighted by molar-refractivity contribution is 5.79. The van der Waals surface area contributed by atoms with E-state index in [-0.39, 0.29) is 11.3 Å². The first kappa shape index (κ1) is 16.8. The standard InChI is InChI=1S/C20H29N3O2/c24-19(17-5-1-2-6-17)23-10-4-8-20(15-23)14-22(11-12-25-16-20)18-7-3-9-21-13-18/h3,7,9,13,17H,1-2,4-6,8,10-12,14-16H2. The number of piperidine rings is 1. The van der Waals surface area contributed by atoms with E-state index < -0.39 is 0 Å². The van der Waals surface area contributed by atoms with Gasteiger partial charge in [-0.2, -0.15) is 0 Å². The van der Waals surface area contributed by atoms with Crippen LogP contribution < -0.4 is 4.90 Å². The molecule has 0 N–H and O–H groups in total. The molecule has 0 bridgehead atoms. The van der Waals surface area contributed by atoms with Gasteiger partial charge in [-0.1, -0.05) is 12.8 Å². The molecular weight excluding hydrogens is 314 g/mol. The highest BCUT2D eigenvalue weighted by Gasteiger charge is 2.41. The Hall–Kier alpha value is -1.62. The molecule has 1 aromatic rings. The van der Waals surface area contributed by atoms with Crippen molar-refractivity contribution in [1.82, 2.24) is 9.88 Å². The Bertz CT molecular complexity index is 588. The maximum atomic E-state index is 12.9. The first-order valence-corrected chi connectivity index (χ1v) is 9.77. The van der Waals surface area contributed by atoms with E-state index in [1.807, 2.05) is 18.5 Å². The van der Waals surface area contributed by atoms with Crippen molar-refractivity contribution in [2.45, 2.75) is 38.5 Å². The third-order valence-corrected chi connectivity index (χ3v) is 6.13. The number of nitrogens with zero attached hydrogens (tertiary/aromatic N) is 3. The fraction of sp³-hybridized carbons (Fsp3) is 0.700. The van der Waals surface area contributed by atoms with Gasteiger partial charge in [0.05, 0.1) is 25.1 Å². The number of likely N-dealkylation sites (tertiary alicyclic amines) is 1. The van der Waals surface area contributed by atoms with Gasteiger partial charge in [-0.25, -0.2) is 0 Å². The van der Waals surface area contributed by atoms with Crippen LogP contribution in [-0.2, 0) is 9.53 Å². The van der Waals surface area contributed by atoms with E-state index in [4.69, 9.17) is 4.74 Å². The Kier molecular flexibility index (Phi) is 4.93. The molecular formula is C20H29N3O2. The monoisotopic (exact) mass is 343 g/mol. The lowest BCUT2D eigenvalue weighted by molar-refractivity contribution is -0.139. The highest BCUT2D eigenvalue weighted by Crippen LogP contribution is 2.36. The van der Waals surface area contributed by atoms with E-state index in [0.29, 0.717) is 5.91 Å². The molecule has 3 aliphatic rings. The number of anilines is 1. The molecule has 3 fully saturated rings. The highest BCUT2D eigenvalue weighted by atomic mass is 16.5. The van der Waals surface area contributed by atoms with Crippen molar-refractivity contribution >= 4 is 11.6 Å². The van der Waals surface area contributed by atoms with Crippen LogP contribution >= 0.6 is 0 Å². The number of hydrogen-bond acceptors (Lipinski definition) is 4. The molecule has 25 heavy (non-hydrogen) atoms. The second kappa shape index (κ2) is 7.32. The van der Waals surface area contributed by atoms with Crippen LogP contribution in [0.15, 0.2) is 24.5 Å². The van der Waals surface area contributed by atoms with Gasteiger partial charge in [-0.15, -0.1) is 0 Å². The summed E-state index contributed by atoms with van der Waals surface area (Å²) in [7, 11) is 0. The number of hydrogen-bond donors (Lipinski definition) is 0. The summed E-state index contributed by atoms with van der Waals surface area (Å²) < 4.78 is 5.99. The Morgan fingerprint density at radius 3 is 2.88 bits per heavy atom. The summed E-state index contributed by atoms with van der Waals surface area (Å²) >= 11 is 0. The minimum atomic E-state index is 0.0544. The van der Waals surface area contributed by atoms with Crippen LogP contribution in [0.4, 0.5) is 5.69 Å². The fourth-order valence-electron chi connectivity index (χ4n) is 4.83. The number of amides is 1. The van der Waals surface area contributed by atoms with Gasteiger partial charge in [0.1, 0.15) is 0 Å². The molecule has 1 aromatic heterocycles. The maximum Gasteiger partial charge on any atom is 0.225 e. The van der Waals surface area contributed by atoms with E-state index >= 15 is 0 Å². The lowest BCUT2D eigenvalue weighted by Gasteiger charge is -2.44. The Morgan fingerprint density at radius 1 is 1.20 bits per heavy atom. The van der Waals surface area contributed by atoms with Crippen LogP contribution in [0.5, 0.6) is 0 Å². The summed E-state index contributed by atoms with van der Waals surface area (Å²) in [6, 6.07) is 4.11. The van der Waals surface area contributed by atoms with Gasteiger partial charge in [-0.05, 0) is 37.8 Å². The molecule has 1 saturated carbocycles. The lowest BCUT2D eigenvalue weighted by atomic mass is 9.79. The minimum Gasteiger partial charge on any atom is -0.379 e. The van der Waals surface area contributed by atoms with Crippen LogP contribution in [0.1, 0.15) is 38.5 Å². The zero-order valence-corrected chi connectivity index (χ0v) is 15.0. The molecule has 136 valence electrons. The molecule has 0 aromatic carbocycles. The predicted molar refractivity (Wildman–Crippen MR) is 97.5 cm³/mol. The maximum absolute atomic E-state index is 12.9. The van der Waals surface area contributed by atoms with Crippen molar-refractivity contribution in [2.24, 2.45) is 11.3 Å². The zero-order chi connectivity index (χ0) is 17.1. The minimum absolute atomic E-state index is 0.0544. The zero-order valence-electron chi connectivity index (χ0n) is 15.0. The van der Waals surface area contributed by atoms with Crippen molar-refractivity contribution in [1.29, 1.82) is 0 Å². The molecule has 5 nitrogen and oxygen atoms in total. The van der Waals surface area contributed by atoms with Crippen molar-refractivity contribution in [2.75, 3.05) is 44.3 Å². The van der Waals surface area contributed by atoms with Crippen molar-refractivity contribution in [3.8, 4) is 0 Å². The van der Waals surface area contributed by atoms with Gasteiger partial charge >= 0.3 is 0 Å². The first-order valence-electron chi connectivity index (χ1n) is 9.77. The number of ether oxygens (including phenoxy) is 1. The molecule has 1 spiro atoms. The third-order valence-electron chi connectivity index (χ3n) is 6.13. The molecule has 1 amide bonds. The average Bonchev–Trinajstić information content (AvgIpc) is 3.12. The summed E-state index contributed by atoms with van der Waals surface area (Å²) in [6.07, 6.45) is 10.6. The number of pyridine rings is 1. The Balaban J connectivity index is 1.49. The van der Waals surface area contributed by atoms with E-state index in [1.165, 1.54) is 12.8 Å². The van der Waals surface area contributed by atoms with E-state index in [0.717, 1.165) is 70.8 Å². The van der Waals surface area contributed by atoms with Crippen LogP contribution in [0, 0.1) is 11.3 Å². The van der Waals surface area contributed by atoms with Gasteiger partial charge in [-0.3, -0.25) is 9.78 Å². The molecule has 1 unspecified atom stereocenters. The smallest absolute Gasteiger partial charge is 0.225 e. The topological polar surface area (TPSA) is 45.7 Å². The molecule has 1 aliphatic carbocycles. The van der Waals surface area contributed by atoms with Gasteiger partial charge in [0.15, 0.2) is 0 Å². The number of rotatable bonds is 2. The normalized spacial score (nSPS) is 28.3. The first-order chi connectivity index (χ1) is 12.3. The third kappa shape index (κ3) is 3.66. The second-order valence-corrected chi connectivity index (χ2v) is 8.03. The Labute approximate surface area is 150 Å². The van der Waals surface area contributed by atoms with Crippen LogP contribution in [0.2, 0.25) is 0 Å². The van der Waals surface area contributed by atoms with Crippen LogP contribution in [0.25, 0.3) is 0 Å². The molecule has 2 saturated heterocycles. The van der Waals surface area contributed by atoms with Crippen LogP contribution in [-0.4, -0.2) is 55.2 Å². The molecule has 1 atom stereocenters. The summed E-state index contributed by atoms with van der Waals surface area (Å²) in [5, 5.41) is 0. The Morgan fingerprint density at radius 2 is 2.08 bits per heavy atom. The molecule has 2 aliphatic heterocycles. The van der Waals surface area contributed by atoms with Crippen molar-refractivity contribution in [3.63, 3.8) is 0 Å². The molecule has 3 heterocycles. The predicted octanol–water partition coefficient (Wildman–Crippen LogP) is 2.72. The van der Waals surface area contributed by atoms with E-state index in [9.17, 15) is 4.79 Å². The number of carbonyl (C=O) groups excluding carboxylic acids is 1. The summed E-state index contributed by atoms with van der Waals surface area (Å²) in [5.74, 6) is 0.671. The van der Waals surface area contributed by atoms with Crippen LogP contribution in [0.3, 0.4) is 0 Å². The summed E-state index contributed by atoms with van der Waals surface area (Å²) in [5.41, 5.74) is 1.21. The van der Waals surface area contributed by atoms with Gasteiger partial charge in [0.2, 0.25) is 5.91 Å². The van der Waals surface area contributed by atoms with E-state index in [1.54, 1.807) is 0 Å². The van der Waals surface area contributed by atoms with Crippen molar-refractivity contribution in [3.05, 3.63) is 24.5 Å². The molecule has 4 rings (SSSR count). The van der Waals surface area contributed by atoms with Gasteiger partial charge < -0.3 is 14.5 Å².